The van der Waals surface area contributed by atoms with Gasteiger partial charge in [0, 0.05) is 0 Å². The molecule has 1 rings (SSSR count). The van der Waals surface area contributed by atoms with Gasteiger partial charge in [-0.3, -0.25) is 0 Å². The van der Waals surface area contributed by atoms with Gasteiger partial charge in [0.25, 0.3) is 0 Å². The SMILES string of the molecule is Oc1cc(F)c[se]1. The predicted octanol–water partition coefficient (Wildman–Crippen LogP) is 0.588. The van der Waals surface area contributed by atoms with Crippen LogP contribution in [0.15, 0.2) is 11.0 Å². The molecule has 0 aliphatic heterocycles. The van der Waals surface area contributed by atoms with Gasteiger partial charge in [0.15, 0.2) is 0 Å². The molecule has 0 spiro atoms. The minimum atomic E-state index is -0.308. The van der Waals surface area contributed by atoms with Crippen molar-refractivity contribution in [2.24, 2.45) is 0 Å². The van der Waals surface area contributed by atoms with Gasteiger partial charge < -0.3 is 0 Å². The van der Waals surface area contributed by atoms with Gasteiger partial charge in [0.1, 0.15) is 0 Å². The van der Waals surface area contributed by atoms with Crippen molar-refractivity contribution in [1.29, 1.82) is 0 Å². The fraction of sp³-hybridized carbons (Fsp3) is 0. The number of hydrogen-bond donors (Lipinski definition) is 1. The van der Waals surface area contributed by atoms with E-state index in [1.165, 1.54) is 4.94 Å². The van der Waals surface area contributed by atoms with Crippen LogP contribution in [0.1, 0.15) is 0 Å². The maximum absolute atomic E-state index is 11.8. The van der Waals surface area contributed by atoms with Crippen LogP contribution in [0.5, 0.6) is 4.62 Å². The molecule has 0 aliphatic rings. The molecule has 0 atom stereocenters. The molecular weight excluding hydrogens is 162 g/mol. The van der Waals surface area contributed by atoms with E-state index in [0.717, 1.165) is 6.07 Å². The molecule has 1 nitrogen and oxygen atoms in total. The van der Waals surface area contributed by atoms with Gasteiger partial charge in [-0.1, -0.05) is 0 Å². The van der Waals surface area contributed by atoms with Crippen LogP contribution in [0.4, 0.5) is 4.39 Å². The molecular formula is C4H3FOSe. The summed E-state index contributed by atoms with van der Waals surface area (Å²) in [6.07, 6.45) is 0. The Balaban J connectivity index is 3.04. The molecule has 0 amide bonds. The average Bonchev–Trinajstić information content (AvgIpc) is 1.87. The number of hydrogen-bond acceptors (Lipinski definition) is 1. The summed E-state index contributed by atoms with van der Waals surface area (Å²) in [5, 5.41) is 8.50. The third-order valence-electron chi connectivity index (χ3n) is 0.554. The van der Waals surface area contributed by atoms with Crippen molar-refractivity contribution in [2.75, 3.05) is 0 Å². The Morgan fingerprint density at radius 1 is 1.71 bits per heavy atom. The van der Waals surface area contributed by atoms with Gasteiger partial charge in [-0.2, -0.15) is 0 Å². The normalized spacial score (nSPS) is 9.29. The van der Waals surface area contributed by atoms with Gasteiger partial charge in [0.05, 0.1) is 0 Å². The molecule has 38 valence electrons. The first-order chi connectivity index (χ1) is 3.29. The molecule has 1 N–H and O–H groups in total. The van der Waals surface area contributed by atoms with Crippen molar-refractivity contribution in [1.82, 2.24) is 0 Å². The molecule has 1 aromatic heterocycles. The Bertz CT molecular complexity index is 144. The van der Waals surface area contributed by atoms with Crippen molar-refractivity contribution in [3.05, 3.63) is 16.8 Å². The van der Waals surface area contributed by atoms with E-state index < -0.39 is 0 Å². The quantitative estimate of drug-likeness (QED) is 0.557. The van der Waals surface area contributed by atoms with Crippen molar-refractivity contribution >= 4 is 14.5 Å². The monoisotopic (exact) mass is 166 g/mol. The molecule has 0 fully saturated rings. The summed E-state index contributed by atoms with van der Waals surface area (Å²) in [4.78, 5) is 1.39. The molecule has 0 aliphatic carbocycles. The number of halogens is 1. The molecule has 0 unspecified atom stereocenters. The Hall–Kier alpha value is -0.271. The van der Waals surface area contributed by atoms with E-state index in [2.05, 4.69) is 0 Å². The Morgan fingerprint density at radius 2 is 2.43 bits per heavy atom. The van der Waals surface area contributed by atoms with Crippen molar-refractivity contribution in [3.8, 4) is 4.62 Å². The second-order valence-electron chi connectivity index (χ2n) is 1.10. The summed E-state index contributed by atoms with van der Waals surface area (Å²) >= 11 is -0.121. The minimum absolute atomic E-state index is 0.121. The van der Waals surface area contributed by atoms with Gasteiger partial charge in [0.2, 0.25) is 0 Å². The van der Waals surface area contributed by atoms with Crippen LogP contribution in [-0.4, -0.2) is 19.6 Å². The van der Waals surface area contributed by atoms with Crippen LogP contribution < -0.4 is 0 Å². The van der Waals surface area contributed by atoms with Crippen LogP contribution >= 0.6 is 0 Å². The standard InChI is InChI=1S/C4H3FOSe/c5-3-1-4(6)7-2-3/h1-2,6H. The van der Waals surface area contributed by atoms with E-state index in [-0.39, 0.29) is 24.9 Å². The second-order valence-corrected chi connectivity index (χ2v) is 2.97. The second kappa shape index (κ2) is 1.68. The Kier molecular flexibility index (Phi) is 1.17. The number of aromatic hydroxyl groups is 1. The van der Waals surface area contributed by atoms with Crippen LogP contribution in [0, 0.1) is 5.82 Å². The van der Waals surface area contributed by atoms with E-state index in [1.54, 1.807) is 0 Å². The third kappa shape index (κ3) is 1.05. The van der Waals surface area contributed by atoms with E-state index in [1.807, 2.05) is 0 Å². The van der Waals surface area contributed by atoms with Crippen LogP contribution in [-0.2, 0) is 0 Å². The number of rotatable bonds is 0. The predicted molar refractivity (Wildman–Crippen MR) is 25.0 cm³/mol. The van der Waals surface area contributed by atoms with Gasteiger partial charge >= 0.3 is 45.4 Å². The maximum atomic E-state index is 11.8. The molecule has 7 heavy (non-hydrogen) atoms. The summed E-state index contributed by atoms with van der Waals surface area (Å²) in [6, 6.07) is 1.14. The molecule has 0 bridgehead atoms. The van der Waals surface area contributed by atoms with Crippen molar-refractivity contribution < 1.29 is 9.50 Å². The molecule has 1 heterocycles. The first-order valence-electron chi connectivity index (χ1n) is 1.72. The first-order valence-corrected chi connectivity index (χ1v) is 3.56. The average molecular weight is 165 g/mol. The summed E-state index contributed by atoms with van der Waals surface area (Å²) in [7, 11) is 0. The molecule has 1 aromatic rings. The summed E-state index contributed by atoms with van der Waals surface area (Å²) < 4.78 is 12.0. The van der Waals surface area contributed by atoms with Crippen molar-refractivity contribution in [2.45, 2.75) is 0 Å². The van der Waals surface area contributed by atoms with Crippen LogP contribution in [0.3, 0.4) is 0 Å². The van der Waals surface area contributed by atoms with Gasteiger partial charge in [-0.15, -0.1) is 0 Å². The van der Waals surface area contributed by atoms with E-state index in [9.17, 15) is 4.39 Å². The van der Waals surface area contributed by atoms with E-state index in [0.29, 0.717) is 0 Å². The zero-order valence-corrected chi connectivity index (χ0v) is 5.10. The van der Waals surface area contributed by atoms with Crippen molar-refractivity contribution in [3.63, 3.8) is 0 Å². The molecule has 3 heteroatoms. The summed E-state index contributed by atoms with van der Waals surface area (Å²) in [5.41, 5.74) is 0. The Morgan fingerprint density at radius 3 is 2.57 bits per heavy atom. The van der Waals surface area contributed by atoms with E-state index in [4.69, 9.17) is 5.11 Å². The summed E-state index contributed by atoms with van der Waals surface area (Å²) in [6.45, 7) is 0. The van der Waals surface area contributed by atoms with Crippen LogP contribution in [0.25, 0.3) is 0 Å². The zero-order chi connectivity index (χ0) is 5.28. The zero-order valence-electron chi connectivity index (χ0n) is 3.39. The fourth-order valence-electron chi connectivity index (χ4n) is 0.303. The van der Waals surface area contributed by atoms with Gasteiger partial charge in [-0.05, 0) is 0 Å². The molecule has 0 saturated heterocycles. The molecule has 0 aromatic carbocycles. The summed E-state index contributed by atoms with van der Waals surface area (Å²) in [5.74, 6) is -0.308. The topological polar surface area (TPSA) is 20.2 Å². The first kappa shape index (κ1) is 4.88. The third-order valence-corrected chi connectivity index (χ3v) is 2.03. The van der Waals surface area contributed by atoms with E-state index >= 15 is 0 Å². The molecule has 0 saturated carbocycles. The fourth-order valence-corrected chi connectivity index (χ4v) is 1.31. The van der Waals surface area contributed by atoms with Crippen LogP contribution in [0.2, 0.25) is 0 Å². The van der Waals surface area contributed by atoms with Gasteiger partial charge in [-0.25, -0.2) is 0 Å². The Labute approximate surface area is 46.1 Å². The molecule has 0 radical (unpaired) electrons.